The molecule has 0 unspecified atom stereocenters. The fraction of sp³-hybridized carbons (Fsp3) is 0.417. The minimum Gasteiger partial charge on any atom is -0.481 e. The van der Waals surface area contributed by atoms with Gasteiger partial charge >= 0.3 is 5.97 Å². The van der Waals surface area contributed by atoms with Gasteiger partial charge in [0.25, 0.3) is 0 Å². The first-order valence-corrected chi connectivity index (χ1v) is 7.18. The standard InChI is InChI=1S/C12H18N2O4S/c1-12(2,8-11(15)16)14-9-4-6-10(7-5-9)19(17,18)13-3/h4-7,13-14H,8H2,1-3H3,(H,15,16). The molecule has 19 heavy (non-hydrogen) atoms. The zero-order valence-electron chi connectivity index (χ0n) is 11.1. The van der Waals surface area contributed by atoms with Gasteiger partial charge < -0.3 is 10.4 Å². The van der Waals surface area contributed by atoms with E-state index in [9.17, 15) is 13.2 Å². The van der Waals surface area contributed by atoms with E-state index in [0.29, 0.717) is 5.69 Å². The van der Waals surface area contributed by atoms with Gasteiger partial charge in [0.05, 0.1) is 11.3 Å². The van der Waals surface area contributed by atoms with Crippen LogP contribution < -0.4 is 10.0 Å². The third-order valence-electron chi connectivity index (χ3n) is 2.51. The number of benzene rings is 1. The number of rotatable bonds is 6. The van der Waals surface area contributed by atoms with E-state index < -0.39 is 21.5 Å². The molecule has 1 aromatic carbocycles. The van der Waals surface area contributed by atoms with Crippen LogP contribution in [0.25, 0.3) is 0 Å². The molecule has 0 aromatic heterocycles. The normalized spacial score (nSPS) is 12.2. The molecule has 0 aliphatic carbocycles. The van der Waals surface area contributed by atoms with Gasteiger partial charge in [-0.25, -0.2) is 13.1 Å². The van der Waals surface area contributed by atoms with E-state index in [-0.39, 0.29) is 11.3 Å². The highest BCUT2D eigenvalue weighted by molar-refractivity contribution is 7.89. The van der Waals surface area contributed by atoms with Crippen molar-refractivity contribution >= 4 is 21.7 Å². The van der Waals surface area contributed by atoms with Crippen molar-refractivity contribution in [3.8, 4) is 0 Å². The summed E-state index contributed by atoms with van der Waals surface area (Å²) in [4.78, 5) is 10.9. The maximum atomic E-state index is 11.5. The van der Waals surface area contributed by atoms with Crippen LogP contribution in [0.1, 0.15) is 20.3 Å². The second-order valence-electron chi connectivity index (χ2n) is 4.81. The molecule has 1 aromatic rings. The van der Waals surface area contributed by atoms with E-state index in [4.69, 9.17) is 5.11 Å². The molecule has 0 saturated heterocycles. The Kier molecular flexibility index (Phi) is 4.54. The molecule has 0 heterocycles. The van der Waals surface area contributed by atoms with E-state index >= 15 is 0 Å². The molecule has 0 spiro atoms. The molecule has 0 fully saturated rings. The molecule has 106 valence electrons. The third kappa shape index (κ3) is 4.53. The third-order valence-corrected chi connectivity index (χ3v) is 3.94. The molecule has 0 radical (unpaired) electrons. The predicted molar refractivity (Wildman–Crippen MR) is 72.6 cm³/mol. The number of carboxylic acid groups (broad SMARTS) is 1. The monoisotopic (exact) mass is 286 g/mol. The quantitative estimate of drug-likeness (QED) is 0.731. The Hall–Kier alpha value is -1.60. The van der Waals surface area contributed by atoms with Crippen molar-refractivity contribution in [1.29, 1.82) is 0 Å². The molecular weight excluding hydrogens is 268 g/mol. The van der Waals surface area contributed by atoms with E-state index in [0.717, 1.165) is 0 Å². The second-order valence-corrected chi connectivity index (χ2v) is 6.70. The highest BCUT2D eigenvalue weighted by Crippen LogP contribution is 2.20. The topological polar surface area (TPSA) is 95.5 Å². The first-order valence-electron chi connectivity index (χ1n) is 5.70. The molecule has 0 atom stereocenters. The summed E-state index contributed by atoms with van der Waals surface area (Å²) in [6.07, 6.45) is -0.0381. The lowest BCUT2D eigenvalue weighted by Crippen LogP contribution is -2.33. The van der Waals surface area contributed by atoms with Crippen molar-refractivity contribution in [2.24, 2.45) is 0 Å². The smallest absolute Gasteiger partial charge is 0.305 e. The highest BCUT2D eigenvalue weighted by Gasteiger charge is 2.21. The maximum absolute atomic E-state index is 11.5. The molecule has 7 heteroatoms. The number of carboxylic acids is 1. The fourth-order valence-corrected chi connectivity index (χ4v) is 2.38. The van der Waals surface area contributed by atoms with Crippen LogP contribution in [0.4, 0.5) is 5.69 Å². The SMILES string of the molecule is CNS(=O)(=O)c1ccc(NC(C)(C)CC(=O)O)cc1. The lowest BCUT2D eigenvalue weighted by atomic mass is 10.0. The second kappa shape index (κ2) is 5.58. The number of carbonyl (C=O) groups is 1. The van der Waals surface area contributed by atoms with Crippen LogP contribution in [0.3, 0.4) is 0 Å². The molecule has 1 rings (SSSR count). The number of aliphatic carboxylic acids is 1. The number of hydrogen-bond acceptors (Lipinski definition) is 4. The van der Waals surface area contributed by atoms with Crippen molar-refractivity contribution in [3.05, 3.63) is 24.3 Å². The van der Waals surface area contributed by atoms with Gasteiger partial charge in [-0.2, -0.15) is 0 Å². The summed E-state index contributed by atoms with van der Waals surface area (Å²) in [6.45, 7) is 3.53. The number of anilines is 1. The van der Waals surface area contributed by atoms with Crippen LogP contribution in [0, 0.1) is 0 Å². The molecule has 0 saturated carbocycles. The van der Waals surface area contributed by atoms with E-state index in [2.05, 4.69) is 10.0 Å². The fourth-order valence-electron chi connectivity index (χ4n) is 1.65. The van der Waals surface area contributed by atoms with Crippen LogP contribution in [0.15, 0.2) is 29.2 Å². The van der Waals surface area contributed by atoms with Gasteiger partial charge in [-0.3, -0.25) is 4.79 Å². The van der Waals surface area contributed by atoms with Crippen LogP contribution in [-0.2, 0) is 14.8 Å². The van der Waals surface area contributed by atoms with Gasteiger partial charge in [-0.15, -0.1) is 0 Å². The van der Waals surface area contributed by atoms with Gasteiger partial charge in [0.2, 0.25) is 10.0 Å². The van der Waals surface area contributed by atoms with Gasteiger partial charge in [0, 0.05) is 11.2 Å². The zero-order chi connectivity index (χ0) is 14.7. The van der Waals surface area contributed by atoms with Crippen molar-refractivity contribution in [1.82, 2.24) is 4.72 Å². The van der Waals surface area contributed by atoms with E-state index in [1.807, 2.05) is 0 Å². The Bertz CT molecular complexity index is 550. The number of hydrogen-bond donors (Lipinski definition) is 3. The number of sulfonamides is 1. The summed E-state index contributed by atoms with van der Waals surface area (Å²) in [5.41, 5.74) is 0.0520. The van der Waals surface area contributed by atoms with Crippen molar-refractivity contribution < 1.29 is 18.3 Å². The number of nitrogens with one attached hydrogen (secondary N) is 2. The summed E-state index contributed by atoms with van der Waals surface area (Å²) >= 11 is 0. The maximum Gasteiger partial charge on any atom is 0.305 e. The molecule has 0 aliphatic heterocycles. The van der Waals surface area contributed by atoms with Crippen molar-refractivity contribution in [2.75, 3.05) is 12.4 Å². The van der Waals surface area contributed by atoms with Gasteiger partial charge in [-0.1, -0.05) is 0 Å². The first kappa shape index (κ1) is 15.5. The minimum atomic E-state index is -3.45. The van der Waals surface area contributed by atoms with Crippen LogP contribution in [0.2, 0.25) is 0 Å². The average molecular weight is 286 g/mol. The van der Waals surface area contributed by atoms with Crippen molar-refractivity contribution in [3.63, 3.8) is 0 Å². The van der Waals surface area contributed by atoms with E-state index in [1.54, 1.807) is 26.0 Å². The average Bonchev–Trinajstić information content (AvgIpc) is 2.27. The molecule has 3 N–H and O–H groups in total. The Morgan fingerprint density at radius 2 is 1.79 bits per heavy atom. The molecule has 0 aliphatic rings. The van der Waals surface area contributed by atoms with E-state index in [1.165, 1.54) is 19.2 Å². The van der Waals surface area contributed by atoms with Gasteiger partial charge in [0.15, 0.2) is 0 Å². The lowest BCUT2D eigenvalue weighted by Gasteiger charge is -2.25. The lowest BCUT2D eigenvalue weighted by molar-refractivity contribution is -0.137. The Labute approximate surface area is 112 Å². The van der Waals surface area contributed by atoms with Crippen LogP contribution in [-0.4, -0.2) is 32.1 Å². The van der Waals surface area contributed by atoms with Crippen LogP contribution in [0.5, 0.6) is 0 Å². The van der Waals surface area contributed by atoms with Gasteiger partial charge in [-0.05, 0) is 45.2 Å². The minimum absolute atomic E-state index is 0.0381. The molecule has 6 nitrogen and oxygen atoms in total. The van der Waals surface area contributed by atoms with Gasteiger partial charge in [0.1, 0.15) is 0 Å². The highest BCUT2D eigenvalue weighted by atomic mass is 32.2. The largest absolute Gasteiger partial charge is 0.481 e. The Balaban J connectivity index is 2.86. The van der Waals surface area contributed by atoms with Crippen LogP contribution >= 0.6 is 0 Å². The summed E-state index contributed by atoms with van der Waals surface area (Å²) in [5.74, 6) is -0.896. The predicted octanol–water partition coefficient (Wildman–Crippen LogP) is 1.26. The molecule has 0 amide bonds. The first-order chi connectivity index (χ1) is 8.66. The van der Waals surface area contributed by atoms with Crippen molar-refractivity contribution in [2.45, 2.75) is 30.7 Å². The summed E-state index contributed by atoms with van der Waals surface area (Å²) < 4.78 is 25.3. The summed E-state index contributed by atoms with van der Waals surface area (Å²) in [6, 6.07) is 6.14. The zero-order valence-corrected chi connectivity index (χ0v) is 11.9. The Morgan fingerprint density at radius 3 is 2.21 bits per heavy atom. The molecule has 0 bridgehead atoms. The molecular formula is C12H18N2O4S. The Morgan fingerprint density at radius 1 is 1.26 bits per heavy atom. The summed E-state index contributed by atoms with van der Waals surface area (Å²) in [7, 11) is -2.10. The summed E-state index contributed by atoms with van der Waals surface area (Å²) in [5, 5.41) is 11.8.